The van der Waals surface area contributed by atoms with Crippen LogP contribution in [0.2, 0.25) is 0 Å². The Morgan fingerprint density at radius 3 is 2.58 bits per heavy atom. The molecule has 0 unspecified atom stereocenters. The average Bonchev–Trinajstić information content (AvgIpc) is 2.38. The smallest absolute Gasteiger partial charge is 0.273 e. The van der Waals surface area contributed by atoms with Gasteiger partial charge in [-0.05, 0) is 18.1 Å². The van der Waals surface area contributed by atoms with Gasteiger partial charge < -0.3 is 10.2 Å². The molecular formula is C15H22F2N2. The van der Waals surface area contributed by atoms with Crippen molar-refractivity contribution in [3.63, 3.8) is 0 Å². The number of nitrogens with one attached hydrogen (secondary N) is 1. The molecule has 4 heteroatoms. The lowest BCUT2D eigenvalue weighted by Gasteiger charge is -2.30. The highest BCUT2D eigenvalue weighted by molar-refractivity contribution is 5.50. The van der Waals surface area contributed by atoms with Crippen LogP contribution in [0.4, 0.5) is 14.5 Å². The van der Waals surface area contributed by atoms with Crippen molar-refractivity contribution in [2.75, 3.05) is 31.1 Å². The third-order valence-electron chi connectivity index (χ3n) is 3.42. The van der Waals surface area contributed by atoms with Gasteiger partial charge in [0.25, 0.3) is 5.92 Å². The number of hydrogen-bond acceptors (Lipinski definition) is 2. The highest BCUT2D eigenvalue weighted by Crippen LogP contribution is 2.36. The van der Waals surface area contributed by atoms with Crippen LogP contribution in [0.3, 0.4) is 0 Å². The molecule has 0 saturated carbocycles. The van der Waals surface area contributed by atoms with E-state index in [1.165, 1.54) is 6.07 Å². The molecule has 0 bridgehead atoms. The van der Waals surface area contributed by atoms with E-state index in [1.54, 1.807) is 12.1 Å². The Balaban J connectivity index is 2.18. The van der Waals surface area contributed by atoms with E-state index in [4.69, 9.17) is 0 Å². The van der Waals surface area contributed by atoms with E-state index < -0.39 is 5.92 Å². The van der Waals surface area contributed by atoms with Gasteiger partial charge in [0.2, 0.25) is 0 Å². The summed E-state index contributed by atoms with van der Waals surface area (Å²) >= 11 is 0. The van der Waals surface area contributed by atoms with Crippen LogP contribution in [0, 0.1) is 5.92 Å². The third kappa shape index (κ3) is 3.66. The summed E-state index contributed by atoms with van der Waals surface area (Å²) < 4.78 is 28.2. The number of nitrogens with zero attached hydrogens (tertiary/aromatic N) is 1. The normalized spacial score (nSPS) is 17.0. The summed E-state index contributed by atoms with van der Waals surface area (Å²) in [6, 6.07) is 6.84. The van der Waals surface area contributed by atoms with E-state index in [-0.39, 0.29) is 17.9 Å². The fraction of sp³-hybridized carbons (Fsp3) is 0.600. The Morgan fingerprint density at radius 2 is 1.95 bits per heavy atom. The summed E-state index contributed by atoms with van der Waals surface area (Å²) in [5.41, 5.74) is 1.04. The van der Waals surface area contributed by atoms with Crippen molar-refractivity contribution in [2.24, 2.45) is 5.92 Å². The molecule has 1 heterocycles. The second kappa shape index (κ2) is 5.87. The standard InChI is InChI=1S/C15H22F2N2/c1-12(2)11-15(16,17)13-4-3-5-14(10-13)19-8-6-18-7-9-19/h3-5,10,12,18H,6-9,11H2,1-2H3. The number of piperazine rings is 1. The molecule has 1 aromatic rings. The highest BCUT2D eigenvalue weighted by Gasteiger charge is 2.32. The average molecular weight is 268 g/mol. The molecule has 1 fully saturated rings. The minimum Gasteiger partial charge on any atom is -0.369 e. The molecule has 2 nitrogen and oxygen atoms in total. The molecule has 0 radical (unpaired) electrons. The number of benzene rings is 1. The van der Waals surface area contributed by atoms with Crippen LogP contribution in [0.1, 0.15) is 25.8 Å². The monoisotopic (exact) mass is 268 g/mol. The maximum absolute atomic E-state index is 14.1. The zero-order valence-corrected chi connectivity index (χ0v) is 11.6. The number of halogens is 2. The van der Waals surface area contributed by atoms with Gasteiger partial charge in [-0.15, -0.1) is 0 Å². The molecule has 1 aliphatic rings. The summed E-state index contributed by atoms with van der Waals surface area (Å²) in [6.45, 7) is 7.22. The van der Waals surface area contributed by atoms with Gasteiger partial charge in [-0.3, -0.25) is 0 Å². The van der Waals surface area contributed by atoms with Crippen LogP contribution < -0.4 is 10.2 Å². The second-order valence-corrected chi connectivity index (χ2v) is 5.59. The predicted octanol–water partition coefficient (Wildman–Crippen LogP) is 3.23. The quantitative estimate of drug-likeness (QED) is 0.902. The van der Waals surface area contributed by atoms with Crippen molar-refractivity contribution in [1.29, 1.82) is 0 Å². The molecule has 0 atom stereocenters. The Hall–Kier alpha value is -1.16. The maximum Gasteiger partial charge on any atom is 0.273 e. The lowest BCUT2D eigenvalue weighted by Crippen LogP contribution is -2.43. The Labute approximate surface area is 113 Å². The van der Waals surface area contributed by atoms with Crippen molar-refractivity contribution >= 4 is 5.69 Å². The lowest BCUT2D eigenvalue weighted by atomic mass is 9.98. The molecule has 1 saturated heterocycles. The van der Waals surface area contributed by atoms with Gasteiger partial charge in [0.05, 0.1) is 0 Å². The van der Waals surface area contributed by atoms with Gasteiger partial charge in [0.15, 0.2) is 0 Å². The molecule has 106 valence electrons. The van der Waals surface area contributed by atoms with Crippen LogP contribution in [-0.4, -0.2) is 26.2 Å². The predicted molar refractivity (Wildman–Crippen MR) is 74.9 cm³/mol. The maximum atomic E-state index is 14.1. The molecule has 0 aromatic heterocycles. The fourth-order valence-electron chi connectivity index (χ4n) is 2.48. The van der Waals surface area contributed by atoms with E-state index in [2.05, 4.69) is 10.2 Å². The molecule has 0 spiro atoms. The number of anilines is 1. The Kier molecular flexibility index (Phi) is 4.40. The van der Waals surface area contributed by atoms with Gasteiger partial charge in [0.1, 0.15) is 0 Å². The van der Waals surface area contributed by atoms with Gasteiger partial charge in [-0.2, -0.15) is 0 Å². The molecule has 0 aliphatic carbocycles. The summed E-state index contributed by atoms with van der Waals surface area (Å²) in [7, 11) is 0. The summed E-state index contributed by atoms with van der Waals surface area (Å²) in [5.74, 6) is -2.75. The Bertz CT molecular complexity index is 412. The Morgan fingerprint density at radius 1 is 1.26 bits per heavy atom. The third-order valence-corrected chi connectivity index (χ3v) is 3.42. The molecule has 1 aromatic carbocycles. The number of hydrogen-bond donors (Lipinski definition) is 1. The first kappa shape index (κ1) is 14.3. The topological polar surface area (TPSA) is 15.3 Å². The molecule has 0 amide bonds. The SMILES string of the molecule is CC(C)CC(F)(F)c1cccc(N2CCNCC2)c1. The first-order chi connectivity index (χ1) is 8.99. The van der Waals surface area contributed by atoms with Crippen LogP contribution in [-0.2, 0) is 5.92 Å². The first-order valence-corrected chi connectivity index (χ1v) is 6.93. The van der Waals surface area contributed by atoms with E-state index in [1.807, 2.05) is 19.9 Å². The molecule has 1 N–H and O–H groups in total. The zero-order chi connectivity index (χ0) is 13.9. The van der Waals surface area contributed by atoms with Crippen LogP contribution in [0.5, 0.6) is 0 Å². The first-order valence-electron chi connectivity index (χ1n) is 6.93. The van der Waals surface area contributed by atoms with Crippen molar-refractivity contribution in [2.45, 2.75) is 26.2 Å². The fourth-order valence-corrected chi connectivity index (χ4v) is 2.48. The molecule has 1 aliphatic heterocycles. The minimum atomic E-state index is -2.74. The van der Waals surface area contributed by atoms with Crippen molar-refractivity contribution < 1.29 is 8.78 Å². The van der Waals surface area contributed by atoms with Gasteiger partial charge >= 0.3 is 0 Å². The van der Waals surface area contributed by atoms with Gasteiger partial charge in [-0.25, -0.2) is 8.78 Å². The van der Waals surface area contributed by atoms with Crippen molar-refractivity contribution in [1.82, 2.24) is 5.32 Å². The second-order valence-electron chi connectivity index (χ2n) is 5.59. The molecule has 19 heavy (non-hydrogen) atoms. The van der Waals surface area contributed by atoms with Crippen LogP contribution >= 0.6 is 0 Å². The highest BCUT2D eigenvalue weighted by atomic mass is 19.3. The summed E-state index contributed by atoms with van der Waals surface area (Å²) in [6.07, 6.45) is -0.0992. The number of rotatable bonds is 4. The van der Waals surface area contributed by atoms with E-state index in [9.17, 15) is 8.78 Å². The number of alkyl halides is 2. The largest absolute Gasteiger partial charge is 0.369 e. The van der Waals surface area contributed by atoms with Crippen molar-refractivity contribution in [3.05, 3.63) is 29.8 Å². The van der Waals surface area contributed by atoms with E-state index in [0.717, 1.165) is 31.9 Å². The van der Waals surface area contributed by atoms with Crippen molar-refractivity contribution in [3.8, 4) is 0 Å². The van der Waals surface area contributed by atoms with Crippen LogP contribution in [0.15, 0.2) is 24.3 Å². The molecular weight excluding hydrogens is 246 g/mol. The van der Waals surface area contributed by atoms with Gasteiger partial charge in [-0.1, -0.05) is 26.0 Å². The zero-order valence-electron chi connectivity index (χ0n) is 11.6. The molecule has 2 rings (SSSR count). The van der Waals surface area contributed by atoms with Crippen LogP contribution in [0.25, 0.3) is 0 Å². The minimum absolute atomic E-state index is 0.0159. The van der Waals surface area contributed by atoms with E-state index in [0.29, 0.717) is 0 Å². The lowest BCUT2D eigenvalue weighted by molar-refractivity contribution is -0.0249. The van der Waals surface area contributed by atoms with E-state index >= 15 is 0 Å². The van der Waals surface area contributed by atoms with Gasteiger partial charge in [0, 0.05) is 43.9 Å². The summed E-state index contributed by atoms with van der Waals surface area (Å²) in [5, 5.41) is 3.27. The summed E-state index contributed by atoms with van der Waals surface area (Å²) in [4.78, 5) is 2.16.